The summed E-state index contributed by atoms with van der Waals surface area (Å²) in [5.74, 6) is -0.160. The molecule has 1 heterocycles. The molecule has 2 aromatic rings. The molecule has 4 nitrogen and oxygen atoms in total. The van der Waals surface area contributed by atoms with Crippen LogP contribution in [0, 0.1) is 0 Å². The van der Waals surface area contributed by atoms with Crippen LogP contribution in [-0.2, 0) is 9.68 Å². The Morgan fingerprint density at radius 1 is 1.00 bits per heavy atom. The van der Waals surface area contributed by atoms with Gasteiger partial charge in [0, 0.05) is 28.5 Å². The molecule has 0 atom stereocenters. The summed E-state index contributed by atoms with van der Waals surface area (Å²) >= 11 is 0. The van der Waals surface area contributed by atoms with Crippen molar-refractivity contribution in [3.8, 4) is 11.5 Å². The van der Waals surface area contributed by atoms with Crippen LogP contribution < -0.4 is 4.74 Å². The minimum atomic E-state index is -0.710. The van der Waals surface area contributed by atoms with Gasteiger partial charge in [-0.25, -0.2) is 4.79 Å². The molecule has 0 unspecified atom stereocenters. The lowest BCUT2D eigenvalue weighted by Gasteiger charge is -2.25. The molecular formula is C14H10AlO4. The highest BCUT2D eigenvalue weighted by atomic mass is 27.0. The lowest BCUT2D eigenvalue weighted by molar-refractivity contribution is -0.235. The van der Waals surface area contributed by atoms with Crippen LogP contribution in [0.15, 0.2) is 48.5 Å². The van der Waals surface area contributed by atoms with E-state index in [0.29, 0.717) is 22.6 Å². The van der Waals surface area contributed by atoms with Gasteiger partial charge in [-0.15, -0.1) is 0 Å². The molecule has 0 amide bonds. The van der Waals surface area contributed by atoms with Gasteiger partial charge in [0.1, 0.15) is 17.4 Å². The van der Waals surface area contributed by atoms with E-state index in [1.54, 1.807) is 24.3 Å². The highest BCUT2D eigenvalue weighted by Gasteiger charge is 2.33. The summed E-state index contributed by atoms with van der Waals surface area (Å²) in [5.41, 5.74) is 1.38. The summed E-state index contributed by atoms with van der Waals surface area (Å²) < 4.78 is 5.71. The van der Waals surface area contributed by atoms with Crippen molar-refractivity contribution in [1.29, 1.82) is 0 Å². The molecule has 93 valence electrons. The molecule has 0 bridgehead atoms. The van der Waals surface area contributed by atoms with E-state index >= 15 is 0 Å². The summed E-state index contributed by atoms with van der Waals surface area (Å²) in [6.07, 6.45) is 0. The van der Waals surface area contributed by atoms with Gasteiger partial charge in [0.15, 0.2) is 0 Å². The number of benzene rings is 2. The smallest absolute Gasteiger partial charge is 0.354 e. The van der Waals surface area contributed by atoms with Crippen molar-refractivity contribution in [3.63, 3.8) is 0 Å². The first-order chi connectivity index (χ1) is 8.81. The number of fused-ring (bicyclic) bond motifs is 2. The van der Waals surface area contributed by atoms with E-state index < -0.39 is 11.9 Å². The normalized spacial score (nSPS) is 12.5. The number of para-hydroxylation sites is 2. The number of carbonyl (C=O) groups is 1. The summed E-state index contributed by atoms with van der Waals surface area (Å²) in [7, 11) is 0. The van der Waals surface area contributed by atoms with Crippen LogP contribution in [0.25, 0.3) is 0 Å². The first kappa shape index (κ1) is 13.6. The van der Waals surface area contributed by atoms with Crippen LogP contribution in [0.5, 0.6) is 11.5 Å². The summed E-state index contributed by atoms with van der Waals surface area (Å²) in [6.45, 7) is 0. The Hall–Kier alpha value is -1.80. The second-order valence-corrected chi connectivity index (χ2v) is 4.02. The zero-order chi connectivity index (χ0) is 12.5. The number of hydrogen-bond acceptors (Lipinski definition) is 4. The van der Waals surface area contributed by atoms with E-state index in [0.717, 1.165) is 0 Å². The third-order valence-electron chi connectivity index (χ3n) is 3.01. The maximum absolute atomic E-state index is 11.8. The second kappa shape index (κ2) is 5.45. The van der Waals surface area contributed by atoms with Gasteiger partial charge in [-0.1, -0.05) is 36.4 Å². The zero-order valence-corrected chi connectivity index (χ0v) is 11.1. The van der Waals surface area contributed by atoms with Crippen LogP contribution in [0.3, 0.4) is 0 Å². The van der Waals surface area contributed by atoms with Crippen molar-refractivity contribution in [2.24, 2.45) is 0 Å². The van der Waals surface area contributed by atoms with Gasteiger partial charge in [-0.05, 0) is 12.1 Å². The SMILES string of the molecule is O=C(OO)C1c2ccccc2Oc2ccccc21.[Al]. The molecule has 3 radical (unpaired) electrons. The fourth-order valence-electron chi connectivity index (χ4n) is 2.22. The average molecular weight is 269 g/mol. The minimum absolute atomic E-state index is 0. The Kier molecular flexibility index (Phi) is 3.91. The van der Waals surface area contributed by atoms with Gasteiger partial charge in [0.05, 0.1) is 0 Å². The molecule has 5 heteroatoms. The third-order valence-corrected chi connectivity index (χ3v) is 3.01. The van der Waals surface area contributed by atoms with Gasteiger partial charge in [0.25, 0.3) is 0 Å². The zero-order valence-electron chi connectivity index (χ0n) is 9.95. The van der Waals surface area contributed by atoms with Crippen LogP contribution in [0.4, 0.5) is 0 Å². The number of hydrogen-bond donors (Lipinski definition) is 1. The maximum Gasteiger partial charge on any atom is 0.354 e. The largest absolute Gasteiger partial charge is 0.457 e. The molecule has 0 saturated carbocycles. The standard InChI is InChI=1S/C14H10O4.Al/c15-14(18-16)13-9-5-1-3-7-11(9)17-12-8-4-2-6-10(12)13;/h1-8,13,16H;. The number of carbonyl (C=O) groups excluding carboxylic acids is 1. The highest BCUT2D eigenvalue weighted by molar-refractivity contribution is 5.84. The van der Waals surface area contributed by atoms with Crippen LogP contribution in [-0.4, -0.2) is 28.6 Å². The first-order valence-electron chi connectivity index (χ1n) is 5.52. The molecule has 0 aromatic heterocycles. The summed E-state index contributed by atoms with van der Waals surface area (Å²) in [4.78, 5) is 15.7. The van der Waals surface area contributed by atoms with Gasteiger partial charge in [-0.2, -0.15) is 5.26 Å². The average Bonchev–Trinajstić information content (AvgIpc) is 2.44. The fraction of sp³-hybridized carbons (Fsp3) is 0.0714. The van der Waals surface area contributed by atoms with Crippen molar-refractivity contribution >= 4 is 23.3 Å². The van der Waals surface area contributed by atoms with Crippen molar-refractivity contribution in [3.05, 3.63) is 59.7 Å². The Morgan fingerprint density at radius 2 is 1.47 bits per heavy atom. The van der Waals surface area contributed by atoms with Crippen LogP contribution in [0.2, 0.25) is 0 Å². The lowest BCUT2D eigenvalue weighted by atomic mass is 9.88. The Morgan fingerprint density at radius 3 is 1.95 bits per heavy atom. The predicted molar refractivity (Wildman–Crippen MR) is 69.3 cm³/mol. The molecule has 3 rings (SSSR count). The Balaban J connectivity index is 0.00000133. The van der Waals surface area contributed by atoms with E-state index in [2.05, 4.69) is 4.89 Å². The van der Waals surface area contributed by atoms with E-state index in [4.69, 9.17) is 9.99 Å². The molecule has 0 spiro atoms. The molecule has 0 fully saturated rings. The lowest BCUT2D eigenvalue weighted by Crippen LogP contribution is -2.20. The minimum Gasteiger partial charge on any atom is -0.457 e. The summed E-state index contributed by atoms with van der Waals surface area (Å²) in [5, 5.41) is 8.65. The van der Waals surface area contributed by atoms with Crippen molar-refractivity contribution in [1.82, 2.24) is 0 Å². The van der Waals surface area contributed by atoms with E-state index in [-0.39, 0.29) is 17.4 Å². The van der Waals surface area contributed by atoms with Crippen LogP contribution in [0.1, 0.15) is 17.0 Å². The molecule has 19 heavy (non-hydrogen) atoms. The first-order valence-corrected chi connectivity index (χ1v) is 5.52. The molecule has 1 N–H and O–H groups in total. The van der Waals surface area contributed by atoms with E-state index in [1.165, 1.54) is 0 Å². The molecular weight excluding hydrogens is 259 g/mol. The van der Waals surface area contributed by atoms with Gasteiger partial charge >= 0.3 is 5.97 Å². The third kappa shape index (κ3) is 2.24. The van der Waals surface area contributed by atoms with Gasteiger partial charge in [-0.3, -0.25) is 4.89 Å². The molecule has 0 saturated heterocycles. The van der Waals surface area contributed by atoms with Gasteiger partial charge in [0.2, 0.25) is 0 Å². The molecule has 1 aliphatic heterocycles. The maximum atomic E-state index is 11.8. The Labute approximate surface area is 120 Å². The highest BCUT2D eigenvalue weighted by Crippen LogP contribution is 2.44. The van der Waals surface area contributed by atoms with E-state index in [1.807, 2.05) is 24.3 Å². The molecule has 1 aliphatic rings. The van der Waals surface area contributed by atoms with Crippen LogP contribution >= 0.6 is 0 Å². The van der Waals surface area contributed by atoms with E-state index in [9.17, 15) is 4.79 Å². The number of ether oxygens (including phenoxy) is 1. The monoisotopic (exact) mass is 269 g/mol. The van der Waals surface area contributed by atoms with Crippen molar-refractivity contribution < 1.29 is 19.7 Å². The van der Waals surface area contributed by atoms with Crippen molar-refractivity contribution in [2.75, 3.05) is 0 Å². The van der Waals surface area contributed by atoms with Crippen molar-refractivity contribution in [2.45, 2.75) is 5.92 Å². The van der Waals surface area contributed by atoms with Gasteiger partial charge < -0.3 is 4.74 Å². The summed E-state index contributed by atoms with van der Waals surface area (Å²) in [6, 6.07) is 14.4. The predicted octanol–water partition coefficient (Wildman–Crippen LogP) is 2.56. The quantitative estimate of drug-likeness (QED) is 0.491. The fourth-order valence-corrected chi connectivity index (χ4v) is 2.22. The second-order valence-electron chi connectivity index (χ2n) is 4.02. The topological polar surface area (TPSA) is 55.8 Å². The Bertz CT molecular complexity index is 566. The molecule has 2 aromatic carbocycles. The number of rotatable bonds is 1. The molecule has 0 aliphatic carbocycles.